The molecule has 5 heteroatoms. The Labute approximate surface area is 109 Å². The van der Waals surface area contributed by atoms with E-state index < -0.39 is 0 Å². The van der Waals surface area contributed by atoms with E-state index in [0.29, 0.717) is 6.61 Å². The van der Waals surface area contributed by atoms with Crippen molar-refractivity contribution in [3.8, 4) is 5.75 Å². The van der Waals surface area contributed by atoms with Crippen LogP contribution in [0.1, 0.15) is 0 Å². The molecule has 2 rings (SSSR count). The lowest BCUT2D eigenvalue weighted by molar-refractivity contribution is 0.260. The molecule has 0 aromatic carbocycles. The van der Waals surface area contributed by atoms with Crippen molar-refractivity contribution in [2.24, 2.45) is 0 Å². The Balaban J connectivity index is 1.91. The van der Waals surface area contributed by atoms with Crippen molar-refractivity contribution in [3.05, 3.63) is 18.5 Å². The molecule has 1 aliphatic heterocycles. The molecule has 0 bridgehead atoms. The zero-order chi connectivity index (χ0) is 12.8. The summed E-state index contributed by atoms with van der Waals surface area (Å²) >= 11 is 0. The number of ether oxygens (including phenoxy) is 1. The van der Waals surface area contributed by atoms with Gasteiger partial charge in [0.05, 0.1) is 18.1 Å². The molecule has 0 atom stereocenters. The first kappa shape index (κ1) is 13.1. The number of likely N-dealkylation sites (N-methyl/N-ethyl adjacent to an activating group) is 1. The van der Waals surface area contributed by atoms with Gasteiger partial charge in [0.25, 0.3) is 0 Å². The van der Waals surface area contributed by atoms with Crippen LogP contribution < -0.4 is 15.0 Å². The van der Waals surface area contributed by atoms with Gasteiger partial charge in [-0.3, -0.25) is 4.98 Å². The Morgan fingerprint density at radius 1 is 1.33 bits per heavy atom. The van der Waals surface area contributed by atoms with Crippen molar-refractivity contribution in [3.63, 3.8) is 0 Å². The summed E-state index contributed by atoms with van der Waals surface area (Å²) in [5.41, 5.74) is 1.15. The molecule has 5 nitrogen and oxygen atoms in total. The minimum atomic E-state index is 0.694. The lowest BCUT2D eigenvalue weighted by Crippen LogP contribution is -2.43. The maximum absolute atomic E-state index is 5.70. The maximum Gasteiger partial charge on any atom is 0.139 e. The Bertz CT molecular complexity index is 364. The number of hydrogen-bond donors (Lipinski definition) is 1. The molecule has 0 unspecified atom stereocenters. The minimum Gasteiger partial charge on any atom is -0.491 e. The molecule has 0 aliphatic carbocycles. The summed E-state index contributed by atoms with van der Waals surface area (Å²) in [4.78, 5) is 8.70. The van der Waals surface area contributed by atoms with E-state index in [1.807, 2.05) is 20.3 Å². The first-order valence-corrected chi connectivity index (χ1v) is 6.44. The topological polar surface area (TPSA) is 40.6 Å². The van der Waals surface area contributed by atoms with E-state index >= 15 is 0 Å². The quantitative estimate of drug-likeness (QED) is 0.821. The van der Waals surface area contributed by atoms with Gasteiger partial charge >= 0.3 is 0 Å². The van der Waals surface area contributed by atoms with Gasteiger partial charge in [-0.05, 0) is 14.1 Å². The number of rotatable bonds is 5. The van der Waals surface area contributed by atoms with Gasteiger partial charge in [-0.15, -0.1) is 0 Å². The van der Waals surface area contributed by atoms with Crippen molar-refractivity contribution in [2.75, 3.05) is 58.3 Å². The molecule has 2 heterocycles. The lowest BCUT2D eigenvalue weighted by Gasteiger charge is -2.29. The van der Waals surface area contributed by atoms with Crippen molar-refractivity contribution in [1.82, 2.24) is 15.2 Å². The molecule has 18 heavy (non-hydrogen) atoms. The van der Waals surface area contributed by atoms with Gasteiger partial charge < -0.3 is 19.9 Å². The molecule has 0 spiro atoms. The summed E-state index contributed by atoms with van der Waals surface area (Å²) in [7, 11) is 4.08. The van der Waals surface area contributed by atoms with Crippen LogP contribution in [0, 0.1) is 0 Å². The van der Waals surface area contributed by atoms with E-state index in [-0.39, 0.29) is 0 Å². The van der Waals surface area contributed by atoms with Crippen molar-refractivity contribution >= 4 is 5.69 Å². The lowest BCUT2D eigenvalue weighted by atomic mass is 10.3. The molecule has 0 amide bonds. The van der Waals surface area contributed by atoms with E-state index in [4.69, 9.17) is 4.74 Å². The van der Waals surface area contributed by atoms with Gasteiger partial charge in [0.15, 0.2) is 0 Å². The normalized spacial score (nSPS) is 16.1. The smallest absolute Gasteiger partial charge is 0.139 e. The number of nitrogens with zero attached hydrogens (tertiary/aromatic N) is 3. The van der Waals surface area contributed by atoms with Gasteiger partial charge in [-0.2, -0.15) is 0 Å². The number of hydrogen-bond acceptors (Lipinski definition) is 5. The van der Waals surface area contributed by atoms with Crippen molar-refractivity contribution in [1.29, 1.82) is 0 Å². The van der Waals surface area contributed by atoms with Crippen LogP contribution >= 0.6 is 0 Å². The van der Waals surface area contributed by atoms with E-state index in [1.165, 1.54) is 0 Å². The third-order valence-electron chi connectivity index (χ3n) is 2.99. The van der Waals surface area contributed by atoms with Crippen molar-refractivity contribution in [2.45, 2.75) is 0 Å². The van der Waals surface area contributed by atoms with Crippen LogP contribution in [0.4, 0.5) is 5.69 Å². The first-order valence-electron chi connectivity index (χ1n) is 6.44. The predicted octanol–water partition coefficient (Wildman–Crippen LogP) is 0.432. The molecule has 100 valence electrons. The minimum absolute atomic E-state index is 0.694. The third kappa shape index (κ3) is 3.85. The summed E-state index contributed by atoms with van der Waals surface area (Å²) in [5.74, 6) is 0.855. The van der Waals surface area contributed by atoms with Crippen LogP contribution in [0.3, 0.4) is 0 Å². The van der Waals surface area contributed by atoms with Gasteiger partial charge in [-0.1, -0.05) is 0 Å². The largest absolute Gasteiger partial charge is 0.491 e. The Morgan fingerprint density at radius 3 is 2.83 bits per heavy atom. The van der Waals surface area contributed by atoms with Gasteiger partial charge in [0.2, 0.25) is 0 Å². The third-order valence-corrected chi connectivity index (χ3v) is 2.99. The average Bonchev–Trinajstić information content (AvgIpc) is 2.40. The fraction of sp³-hybridized carbons (Fsp3) is 0.615. The second-order valence-electron chi connectivity index (χ2n) is 4.77. The number of nitrogens with one attached hydrogen (secondary N) is 1. The average molecular weight is 250 g/mol. The number of aromatic nitrogens is 1. The fourth-order valence-corrected chi connectivity index (χ4v) is 1.93. The summed E-state index contributed by atoms with van der Waals surface area (Å²) < 4.78 is 5.70. The fourth-order valence-electron chi connectivity index (χ4n) is 1.93. The second-order valence-corrected chi connectivity index (χ2v) is 4.77. The highest BCUT2D eigenvalue weighted by Gasteiger charge is 2.11. The highest BCUT2D eigenvalue weighted by Crippen LogP contribution is 2.19. The Kier molecular flexibility index (Phi) is 4.78. The Morgan fingerprint density at radius 2 is 2.11 bits per heavy atom. The summed E-state index contributed by atoms with van der Waals surface area (Å²) in [6.45, 7) is 5.74. The molecule has 1 saturated heterocycles. The van der Waals surface area contributed by atoms with Crippen LogP contribution in [0.5, 0.6) is 5.75 Å². The molecule has 1 aliphatic rings. The van der Waals surface area contributed by atoms with Crippen LogP contribution in [0.25, 0.3) is 0 Å². The second kappa shape index (κ2) is 6.56. The van der Waals surface area contributed by atoms with Crippen LogP contribution in [0.2, 0.25) is 0 Å². The molecule has 1 aromatic heterocycles. The summed E-state index contributed by atoms with van der Waals surface area (Å²) in [5, 5.41) is 3.35. The van der Waals surface area contributed by atoms with Crippen molar-refractivity contribution < 1.29 is 4.74 Å². The SMILES string of the molecule is CN(C)CCOc1cncc(N2CCNCC2)c1. The van der Waals surface area contributed by atoms with Crippen LogP contribution in [0.15, 0.2) is 18.5 Å². The van der Waals surface area contributed by atoms with Gasteiger partial charge in [-0.25, -0.2) is 0 Å². The molecule has 1 aromatic rings. The van der Waals surface area contributed by atoms with Crippen LogP contribution in [-0.2, 0) is 0 Å². The van der Waals surface area contributed by atoms with E-state index in [9.17, 15) is 0 Å². The molecule has 1 fully saturated rings. The zero-order valence-electron chi connectivity index (χ0n) is 11.2. The van der Waals surface area contributed by atoms with E-state index in [0.717, 1.165) is 44.2 Å². The molecular formula is C13H22N4O. The molecule has 0 radical (unpaired) electrons. The van der Waals surface area contributed by atoms with E-state index in [2.05, 4.69) is 26.2 Å². The number of pyridine rings is 1. The highest BCUT2D eigenvalue weighted by atomic mass is 16.5. The summed E-state index contributed by atoms with van der Waals surface area (Å²) in [6, 6.07) is 2.08. The number of anilines is 1. The van der Waals surface area contributed by atoms with Gasteiger partial charge in [0, 0.05) is 38.8 Å². The number of piperazine rings is 1. The standard InChI is InChI=1S/C13H22N4O/c1-16(2)7-8-18-13-9-12(10-15-11-13)17-5-3-14-4-6-17/h9-11,14H,3-8H2,1-2H3. The molecular weight excluding hydrogens is 228 g/mol. The zero-order valence-corrected chi connectivity index (χ0v) is 11.2. The monoisotopic (exact) mass is 250 g/mol. The highest BCUT2D eigenvalue weighted by molar-refractivity contribution is 5.48. The molecule has 1 N–H and O–H groups in total. The van der Waals surface area contributed by atoms with Crippen LogP contribution in [-0.4, -0.2) is 63.3 Å². The van der Waals surface area contributed by atoms with Gasteiger partial charge in [0.1, 0.15) is 12.4 Å². The predicted molar refractivity (Wildman–Crippen MR) is 73.4 cm³/mol. The van der Waals surface area contributed by atoms with E-state index in [1.54, 1.807) is 6.20 Å². The Hall–Kier alpha value is -1.33. The summed E-state index contributed by atoms with van der Waals surface area (Å²) in [6.07, 6.45) is 3.69. The maximum atomic E-state index is 5.70. The molecule has 0 saturated carbocycles. The first-order chi connectivity index (χ1) is 8.75.